The molecule has 19 heavy (non-hydrogen) atoms. The number of carbonyl (C=O) groups is 1. The Morgan fingerprint density at radius 2 is 1.95 bits per heavy atom. The van der Waals surface area contributed by atoms with E-state index in [-0.39, 0.29) is 11.9 Å². The van der Waals surface area contributed by atoms with Crippen LogP contribution in [0.1, 0.15) is 45.4 Å². The highest BCUT2D eigenvalue weighted by Gasteiger charge is 2.54. The van der Waals surface area contributed by atoms with E-state index in [1.807, 2.05) is 0 Å². The van der Waals surface area contributed by atoms with Crippen molar-refractivity contribution in [2.45, 2.75) is 57.5 Å². The van der Waals surface area contributed by atoms with Crippen LogP contribution >= 0.6 is 0 Å². The predicted octanol–water partition coefficient (Wildman–Crippen LogP) is 1.93. The lowest BCUT2D eigenvalue weighted by Crippen LogP contribution is -2.50. The SMILES string of the molecule is CC1CCNC1C(=O)NC1CC2CC1C1CCCC21. The maximum Gasteiger partial charge on any atom is 0.237 e. The first-order valence-corrected chi connectivity index (χ1v) is 8.28. The van der Waals surface area contributed by atoms with Gasteiger partial charge in [0.05, 0.1) is 6.04 Å². The summed E-state index contributed by atoms with van der Waals surface area (Å²) in [7, 11) is 0. The molecule has 7 unspecified atom stereocenters. The van der Waals surface area contributed by atoms with Crippen LogP contribution in [-0.2, 0) is 4.79 Å². The van der Waals surface area contributed by atoms with Crippen molar-refractivity contribution in [2.24, 2.45) is 29.6 Å². The minimum absolute atomic E-state index is 0.0681. The molecule has 0 aromatic heterocycles. The van der Waals surface area contributed by atoms with E-state index in [0.717, 1.165) is 36.6 Å². The highest BCUT2D eigenvalue weighted by Crippen LogP contribution is 2.58. The minimum atomic E-state index is 0.0681. The number of carbonyl (C=O) groups excluding carboxylic acids is 1. The Labute approximate surface area is 115 Å². The molecular weight excluding hydrogens is 236 g/mol. The normalized spacial score (nSPS) is 51.5. The van der Waals surface area contributed by atoms with Gasteiger partial charge in [0.25, 0.3) is 0 Å². The van der Waals surface area contributed by atoms with Gasteiger partial charge in [-0.2, -0.15) is 0 Å². The standard InChI is InChI=1S/C16H26N2O/c1-9-5-6-17-15(9)16(19)18-14-8-10-7-13(14)12-4-2-3-11(10)12/h9-15,17H,2-8H2,1H3,(H,18,19). The molecule has 4 aliphatic rings. The highest BCUT2D eigenvalue weighted by molar-refractivity contribution is 5.82. The summed E-state index contributed by atoms with van der Waals surface area (Å²) in [6, 6.07) is 0.560. The number of hydrogen-bond donors (Lipinski definition) is 2. The van der Waals surface area contributed by atoms with Gasteiger partial charge in [0, 0.05) is 6.04 Å². The van der Waals surface area contributed by atoms with E-state index in [9.17, 15) is 4.79 Å². The van der Waals surface area contributed by atoms with Crippen LogP contribution < -0.4 is 10.6 Å². The van der Waals surface area contributed by atoms with Crippen LogP contribution in [0.25, 0.3) is 0 Å². The van der Waals surface area contributed by atoms with E-state index in [2.05, 4.69) is 17.6 Å². The lowest BCUT2D eigenvalue weighted by atomic mass is 9.79. The van der Waals surface area contributed by atoms with Crippen molar-refractivity contribution < 1.29 is 4.79 Å². The fourth-order valence-corrected chi connectivity index (χ4v) is 5.69. The van der Waals surface area contributed by atoms with Gasteiger partial charge < -0.3 is 10.6 Å². The molecule has 1 amide bonds. The fraction of sp³-hybridized carbons (Fsp3) is 0.938. The van der Waals surface area contributed by atoms with Crippen molar-refractivity contribution in [1.29, 1.82) is 0 Å². The molecule has 1 saturated heterocycles. The molecule has 0 spiro atoms. The quantitative estimate of drug-likeness (QED) is 0.798. The van der Waals surface area contributed by atoms with Crippen molar-refractivity contribution >= 4 is 5.91 Å². The van der Waals surface area contributed by atoms with Gasteiger partial charge in [-0.3, -0.25) is 4.79 Å². The van der Waals surface area contributed by atoms with E-state index in [0.29, 0.717) is 12.0 Å². The van der Waals surface area contributed by atoms with Gasteiger partial charge in [0.15, 0.2) is 0 Å². The summed E-state index contributed by atoms with van der Waals surface area (Å²) in [5, 5.41) is 6.75. The van der Waals surface area contributed by atoms with Gasteiger partial charge in [-0.05, 0) is 68.2 Å². The molecule has 7 atom stereocenters. The number of nitrogens with one attached hydrogen (secondary N) is 2. The summed E-state index contributed by atoms with van der Waals surface area (Å²) in [5.74, 6) is 4.46. The molecule has 3 aliphatic carbocycles. The molecule has 4 rings (SSSR count). The molecule has 2 bridgehead atoms. The third-order valence-electron chi connectivity index (χ3n) is 6.57. The molecule has 106 valence electrons. The Kier molecular flexibility index (Phi) is 2.87. The van der Waals surface area contributed by atoms with Gasteiger partial charge in [-0.1, -0.05) is 13.3 Å². The van der Waals surface area contributed by atoms with Crippen LogP contribution in [0, 0.1) is 29.6 Å². The van der Waals surface area contributed by atoms with Crippen LogP contribution in [-0.4, -0.2) is 24.5 Å². The number of rotatable bonds is 2. The molecular formula is C16H26N2O. The second kappa shape index (κ2) is 4.47. The number of hydrogen-bond acceptors (Lipinski definition) is 2. The topological polar surface area (TPSA) is 41.1 Å². The molecule has 1 aliphatic heterocycles. The van der Waals surface area contributed by atoms with Crippen molar-refractivity contribution in [2.75, 3.05) is 6.54 Å². The summed E-state index contributed by atoms with van der Waals surface area (Å²) >= 11 is 0. The molecule has 4 fully saturated rings. The van der Waals surface area contributed by atoms with Crippen molar-refractivity contribution in [3.63, 3.8) is 0 Å². The second-order valence-electron chi connectivity index (χ2n) is 7.47. The maximum atomic E-state index is 12.4. The van der Waals surface area contributed by atoms with Crippen molar-refractivity contribution in [1.82, 2.24) is 10.6 Å². The van der Waals surface area contributed by atoms with E-state index in [1.165, 1.54) is 32.1 Å². The molecule has 2 N–H and O–H groups in total. The summed E-state index contributed by atoms with van der Waals surface area (Å²) in [4.78, 5) is 12.4. The highest BCUT2D eigenvalue weighted by atomic mass is 16.2. The van der Waals surface area contributed by atoms with E-state index >= 15 is 0 Å². The average molecular weight is 262 g/mol. The lowest BCUT2D eigenvalue weighted by molar-refractivity contribution is -0.124. The molecule has 0 aromatic carbocycles. The zero-order valence-corrected chi connectivity index (χ0v) is 11.9. The van der Waals surface area contributed by atoms with Gasteiger partial charge >= 0.3 is 0 Å². The largest absolute Gasteiger partial charge is 0.352 e. The molecule has 3 heteroatoms. The number of fused-ring (bicyclic) bond motifs is 5. The first-order valence-electron chi connectivity index (χ1n) is 8.28. The Morgan fingerprint density at radius 3 is 2.74 bits per heavy atom. The summed E-state index contributed by atoms with van der Waals surface area (Å²) in [5.41, 5.74) is 0. The Hall–Kier alpha value is -0.570. The summed E-state index contributed by atoms with van der Waals surface area (Å²) in [6.45, 7) is 3.19. The lowest BCUT2D eigenvalue weighted by Gasteiger charge is -2.33. The molecule has 0 radical (unpaired) electrons. The minimum Gasteiger partial charge on any atom is -0.352 e. The van der Waals surface area contributed by atoms with E-state index in [1.54, 1.807) is 0 Å². The van der Waals surface area contributed by atoms with E-state index < -0.39 is 0 Å². The maximum absolute atomic E-state index is 12.4. The first kappa shape index (κ1) is 12.2. The second-order valence-corrected chi connectivity index (χ2v) is 7.47. The summed E-state index contributed by atoms with van der Waals surface area (Å²) in [6.07, 6.45) is 8.13. The first-order chi connectivity index (χ1) is 9.24. The molecule has 3 saturated carbocycles. The van der Waals surface area contributed by atoms with Gasteiger partial charge in [0.1, 0.15) is 0 Å². The van der Waals surface area contributed by atoms with E-state index in [4.69, 9.17) is 0 Å². The average Bonchev–Trinajstić information content (AvgIpc) is 3.07. The van der Waals surface area contributed by atoms with Gasteiger partial charge in [0.2, 0.25) is 5.91 Å². The third-order valence-corrected chi connectivity index (χ3v) is 6.57. The zero-order valence-electron chi connectivity index (χ0n) is 11.9. The predicted molar refractivity (Wildman–Crippen MR) is 74.5 cm³/mol. The Morgan fingerprint density at radius 1 is 1.11 bits per heavy atom. The third kappa shape index (κ3) is 1.84. The van der Waals surface area contributed by atoms with Crippen LogP contribution in [0.2, 0.25) is 0 Å². The van der Waals surface area contributed by atoms with Crippen LogP contribution in [0.4, 0.5) is 0 Å². The smallest absolute Gasteiger partial charge is 0.237 e. The van der Waals surface area contributed by atoms with Gasteiger partial charge in [-0.15, -0.1) is 0 Å². The Balaban J connectivity index is 1.40. The van der Waals surface area contributed by atoms with Crippen molar-refractivity contribution in [3.05, 3.63) is 0 Å². The summed E-state index contributed by atoms with van der Waals surface area (Å²) < 4.78 is 0. The monoisotopic (exact) mass is 262 g/mol. The van der Waals surface area contributed by atoms with Crippen LogP contribution in [0.15, 0.2) is 0 Å². The Bertz CT molecular complexity index is 383. The fourth-order valence-electron chi connectivity index (χ4n) is 5.69. The van der Waals surface area contributed by atoms with Crippen molar-refractivity contribution in [3.8, 4) is 0 Å². The van der Waals surface area contributed by atoms with Gasteiger partial charge in [-0.25, -0.2) is 0 Å². The van der Waals surface area contributed by atoms with Crippen LogP contribution in [0.3, 0.4) is 0 Å². The number of amides is 1. The van der Waals surface area contributed by atoms with Crippen LogP contribution in [0.5, 0.6) is 0 Å². The molecule has 3 nitrogen and oxygen atoms in total. The molecule has 0 aromatic rings. The molecule has 1 heterocycles. The zero-order chi connectivity index (χ0) is 13.0.